The highest BCUT2D eigenvalue weighted by atomic mass is 79.9. The molecule has 31 heavy (non-hydrogen) atoms. The molecule has 0 aromatic heterocycles. The molecule has 7 nitrogen and oxygen atoms in total. The molecule has 0 saturated carbocycles. The maximum Gasteiger partial charge on any atom is 0.272 e. The molecular formula is C22H15BrFN3O4. The van der Waals surface area contributed by atoms with Gasteiger partial charge < -0.3 is 10.6 Å². The zero-order valence-corrected chi connectivity index (χ0v) is 17.4. The lowest BCUT2D eigenvalue weighted by atomic mass is 10.1. The minimum absolute atomic E-state index is 0.111. The third kappa shape index (κ3) is 5.83. The van der Waals surface area contributed by atoms with Crippen molar-refractivity contribution in [2.24, 2.45) is 0 Å². The number of nitrogens with one attached hydrogen (secondary N) is 2. The maximum absolute atomic E-state index is 13.4. The number of carbonyl (C=O) groups is 2. The molecule has 3 aromatic rings. The lowest BCUT2D eigenvalue weighted by Crippen LogP contribution is -2.31. The second kappa shape index (κ2) is 9.77. The van der Waals surface area contributed by atoms with E-state index in [0.717, 1.165) is 6.07 Å². The van der Waals surface area contributed by atoms with Gasteiger partial charge in [0.15, 0.2) is 0 Å². The quantitative estimate of drug-likeness (QED) is 0.295. The van der Waals surface area contributed by atoms with Gasteiger partial charge in [0.25, 0.3) is 17.5 Å². The van der Waals surface area contributed by atoms with Crippen molar-refractivity contribution >= 4 is 45.2 Å². The highest BCUT2D eigenvalue weighted by Gasteiger charge is 2.17. The van der Waals surface area contributed by atoms with E-state index in [4.69, 9.17) is 0 Å². The van der Waals surface area contributed by atoms with E-state index in [0.29, 0.717) is 15.6 Å². The SMILES string of the molecule is O=C(Nc1cccc(F)c1)C(=Cc1ccc([N+](=O)[O-])cc1)NC(=O)c1ccccc1Br. The number of halogens is 2. The van der Waals surface area contributed by atoms with Crippen LogP contribution >= 0.6 is 15.9 Å². The molecule has 9 heteroatoms. The number of amides is 2. The lowest BCUT2D eigenvalue weighted by Gasteiger charge is -2.12. The molecule has 0 atom stereocenters. The van der Waals surface area contributed by atoms with Gasteiger partial charge in [0.2, 0.25) is 0 Å². The van der Waals surface area contributed by atoms with Crippen LogP contribution in [0.2, 0.25) is 0 Å². The van der Waals surface area contributed by atoms with E-state index in [-0.39, 0.29) is 17.1 Å². The molecule has 0 aliphatic rings. The number of hydrogen-bond acceptors (Lipinski definition) is 4. The van der Waals surface area contributed by atoms with E-state index < -0.39 is 22.6 Å². The van der Waals surface area contributed by atoms with Crippen molar-refractivity contribution in [2.45, 2.75) is 0 Å². The summed E-state index contributed by atoms with van der Waals surface area (Å²) in [5.41, 5.74) is 0.715. The number of anilines is 1. The van der Waals surface area contributed by atoms with Crippen molar-refractivity contribution in [3.05, 3.63) is 110 Å². The van der Waals surface area contributed by atoms with Crippen molar-refractivity contribution in [1.82, 2.24) is 5.32 Å². The van der Waals surface area contributed by atoms with Crippen LogP contribution in [0.3, 0.4) is 0 Å². The van der Waals surface area contributed by atoms with Gasteiger partial charge >= 0.3 is 0 Å². The Morgan fingerprint density at radius 1 is 1.00 bits per heavy atom. The van der Waals surface area contributed by atoms with Crippen LogP contribution in [-0.2, 0) is 4.79 Å². The van der Waals surface area contributed by atoms with Gasteiger partial charge in [0.1, 0.15) is 11.5 Å². The minimum Gasteiger partial charge on any atom is -0.321 e. The first-order valence-corrected chi connectivity index (χ1v) is 9.72. The van der Waals surface area contributed by atoms with Gasteiger partial charge in [0, 0.05) is 22.3 Å². The van der Waals surface area contributed by atoms with Crippen molar-refractivity contribution in [1.29, 1.82) is 0 Å². The third-order valence-electron chi connectivity index (χ3n) is 4.11. The summed E-state index contributed by atoms with van der Waals surface area (Å²) in [6.45, 7) is 0. The topological polar surface area (TPSA) is 101 Å². The summed E-state index contributed by atoms with van der Waals surface area (Å²) in [6, 6.07) is 17.4. The molecule has 0 unspecified atom stereocenters. The highest BCUT2D eigenvalue weighted by Crippen LogP contribution is 2.18. The molecule has 0 radical (unpaired) electrons. The van der Waals surface area contributed by atoms with Gasteiger partial charge in [0.05, 0.1) is 10.5 Å². The molecule has 2 N–H and O–H groups in total. The average molecular weight is 484 g/mol. The smallest absolute Gasteiger partial charge is 0.272 e. The lowest BCUT2D eigenvalue weighted by molar-refractivity contribution is -0.384. The number of nitro groups is 1. The predicted octanol–water partition coefficient (Wildman–Crippen LogP) is 4.91. The van der Waals surface area contributed by atoms with Crippen LogP contribution in [0.4, 0.5) is 15.8 Å². The van der Waals surface area contributed by atoms with Crippen LogP contribution in [0.5, 0.6) is 0 Å². The Labute approximate surface area is 184 Å². The van der Waals surface area contributed by atoms with Gasteiger partial charge in [-0.1, -0.05) is 18.2 Å². The van der Waals surface area contributed by atoms with Crippen molar-refractivity contribution in [2.75, 3.05) is 5.32 Å². The third-order valence-corrected chi connectivity index (χ3v) is 4.80. The fourth-order valence-corrected chi connectivity index (χ4v) is 3.08. The number of carbonyl (C=O) groups excluding carboxylic acids is 2. The Kier molecular flexibility index (Phi) is 6.88. The van der Waals surface area contributed by atoms with E-state index in [1.807, 2.05) is 0 Å². The second-order valence-electron chi connectivity index (χ2n) is 6.31. The molecule has 3 aromatic carbocycles. The van der Waals surface area contributed by atoms with Gasteiger partial charge in [-0.25, -0.2) is 4.39 Å². The molecule has 156 valence electrons. The number of hydrogen-bond donors (Lipinski definition) is 2. The second-order valence-corrected chi connectivity index (χ2v) is 7.16. The van der Waals surface area contributed by atoms with Crippen LogP contribution in [-0.4, -0.2) is 16.7 Å². The number of non-ortho nitro benzene ring substituents is 1. The molecule has 0 aliphatic carbocycles. The zero-order valence-electron chi connectivity index (χ0n) is 15.8. The first kappa shape index (κ1) is 21.8. The van der Waals surface area contributed by atoms with Gasteiger partial charge in [-0.3, -0.25) is 19.7 Å². The standard InChI is InChI=1S/C22H15BrFN3O4/c23-19-7-2-1-6-18(19)21(28)26-20(12-14-8-10-17(11-9-14)27(30)31)22(29)25-16-5-3-4-15(24)13-16/h1-13H,(H,25,29)(H,26,28). The Morgan fingerprint density at radius 2 is 1.71 bits per heavy atom. The molecular weight excluding hydrogens is 469 g/mol. The first-order chi connectivity index (χ1) is 14.8. The molecule has 0 saturated heterocycles. The van der Waals surface area contributed by atoms with Crippen molar-refractivity contribution in [3.63, 3.8) is 0 Å². The Balaban J connectivity index is 1.92. The molecule has 2 amide bonds. The number of benzene rings is 3. The minimum atomic E-state index is -0.690. The molecule has 0 spiro atoms. The fourth-order valence-electron chi connectivity index (χ4n) is 2.62. The summed E-state index contributed by atoms with van der Waals surface area (Å²) in [7, 11) is 0. The summed E-state index contributed by atoms with van der Waals surface area (Å²) >= 11 is 3.29. The highest BCUT2D eigenvalue weighted by molar-refractivity contribution is 9.10. The van der Waals surface area contributed by atoms with E-state index in [2.05, 4.69) is 26.6 Å². The van der Waals surface area contributed by atoms with E-state index in [9.17, 15) is 24.1 Å². The Bertz CT molecular complexity index is 1180. The van der Waals surface area contributed by atoms with Crippen LogP contribution in [0.1, 0.15) is 15.9 Å². The molecule has 0 fully saturated rings. The van der Waals surface area contributed by atoms with Gasteiger partial charge in [-0.05, 0) is 70.0 Å². The summed E-state index contributed by atoms with van der Waals surface area (Å²) in [4.78, 5) is 35.8. The number of nitro benzene ring substituents is 1. The van der Waals surface area contributed by atoms with Crippen molar-refractivity contribution in [3.8, 4) is 0 Å². The van der Waals surface area contributed by atoms with Gasteiger partial charge in [-0.2, -0.15) is 0 Å². The summed E-state index contributed by atoms with van der Waals surface area (Å²) in [5, 5.41) is 15.9. The molecule has 0 aliphatic heterocycles. The van der Waals surface area contributed by atoms with Crippen LogP contribution in [0, 0.1) is 15.9 Å². The molecule has 0 bridgehead atoms. The predicted molar refractivity (Wildman–Crippen MR) is 118 cm³/mol. The Morgan fingerprint density at radius 3 is 2.35 bits per heavy atom. The fraction of sp³-hybridized carbons (Fsp3) is 0. The van der Waals surface area contributed by atoms with E-state index in [1.54, 1.807) is 24.3 Å². The molecule has 3 rings (SSSR count). The Hall–Kier alpha value is -3.85. The van der Waals surface area contributed by atoms with Gasteiger partial charge in [-0.15, -0.1) is 0 Å². The molecule has 0 heterocycles. The number of rotatable bonds is 6. The maximum atomic E-state index is 13.4. The largest absolute Gasteiger partial charge is 0.321 e. The normalized spacial score (nSPS) is 11.0. The van der Waals surface area contributed by atoms with Crippen LogP contribution in [0.15, 0.2) is 83.0 Å². The zero-order chi connectivity index (χ0) is 22.4. The first-order valence-electron chi connectivity index (χ1n) is 8.92. The summed E-state index contributed by atoms with van der Waals surface area (Å²) in [5.74, 6) is -1.77. The van der Waals surface area contributed by atoms with E-state index >= 15 is 0 Å². The summed E-state index contributed by atoms with van der Waals surface area (Å²) in [6.07, 6.45) is 1.37. The van der Waals surface area contributed by atoms with Crippen LogP contribution in [0.25, 0.3) is 6.08 Å². The van der Waals surface area contributed by atoms with Crippen LogP contribution < -0.4 is 10.6 Å². The number of nitrogens with zero attached hydrogens (tertiary/aromatic N) is 1. The monoisotopic (exact) mass is 483 g/mol. The summed E-state index contributed by atoms with van der Waals surface area (Å²) < 4.78 is 14.0. The van der Waals surface area contributed by atoms with Crippen molar-refractivity contribution < 1.29 is 18.9 Å². The average Bonchev–Trinajstić information content (AvgIpc) is 2.74. The van der Waals surface area contributed by atoms with E-state index in [1.165, 1.54) is 48.5 Å².